The van der Waals surface area contributed by atoms with Gasteiger partial charge in [0.05, 0.1) is 21.8 Å². The molecule has 0 unspecified atom stereocenters. The lowest BCUT2D eigenvalue weighted by Gasteiger charge is -2.18. The maximum Gasteiger partial charge on any atom is 0.231 e. The van der Waals surface area contributed by atoms with Crippen LogP contribution >= 0.6 is 11.6 Å². The van der Waals surface area contributed by atoms with Gasteiger partial charge in [-0.3, -0.25) is 4.79 Å². The summed E-state index contributed by atoms with van der Waals surface area (Å²) in [6, 6.07) is 4.43. The van der Waals surface area contributed by atoms with E-state index in [1.807, 2.05) is 0 Å². The third kappa shape index (κ3) is 2.17. The Balaban J connectivity index is 2.68. The number of hydrogen-bond acceptors (Lipinski definition) is 3. The van der Waals surface area contributed by atoms with Crippen LogP contribution < -0.4 is 5.32 Å². The normalized spacial score (nSPS) is 21.2. The number of halogens is 1. The molecule has 4 nitrogen and oxygen atoms in total. The topological polar surface area (TPSA) is 63.2 Å². The molecule has 0 aromatic heterocycles. The molecule has 1 heterocycles. The molecule has 1 aromatic carbocycles. The first-order valence-corrected chi connectivity index (χ1v) is 7.09. The summed E-state index contributed by atoms with van der Waals surface area (Å²) in [4.78, 5) is 11.9. The van der Waals surface area contributed by atoms with E-state index in [2.05, 4.69) is 5.32 Å². The van der Waals surface area contributed by atoms with E-state index in [1.54, 1.807) is 19.9 Å². The standard InChI is InChI=1S/C11H12ClNO3S/c1-11(2)6-17(15,16)9-5-7(12)3-4-8(9)13-10(11)14/h3-5H,6H2,1-2H3,(H,13,14). The van der Waals surface area contributed by atoms with Crippen molar-refractivity contribution in [2.24, 2.45) is 5.41 Å². The Hall–Kier alpha value is -1.07. The molecule has 0 radical (unpaired) electrons. The molecule has 6 heteroatoms. The van der Waals surface area contributed by atoms with Crippen LogP contribution in [0.25, 0.3) is 0 Å². The third-order valence-electron chi connectivity index (χ3n) is 2.69. The van der Waals surface area contributed by atoms with E-state index >= 15 is 0 Å². The molecule has 0 bridgehead atoms. The van der Waals surface area contributed by atoms with Crippen LogP contribution in [-0.4, -0.2) is 20.1 Å². The Morgan fingerprint density at radius 2 is 2.00 bits per heavy atom. The zero-order chi connectivity index (χ0) is 12.8. The van der Waals surface area contributed by atoms with Crippen LogP contribution in [0, 0.1) is 5.41 Å². The van der Waals surface area contributed by atoms with E-state index in [0.29, 0.717) is 10.7 Å². The Morgan fingerprint density at radius 3 is 2.65 bits per heavy atom. The molecular weight excluding hydrogens is 262 g/mol. The Morgan fingerprint density at radius 1 is 1.35 bits per heavy atom. The van der Waals surface area contributed by atoms with Gasteiger partial charge in [-0.1, -0.05) is 25.4 Å². The van der Waals surface area contributed by atoms with Gasteiger partial charge in [0, 0.05) is 5.02 Å². The monoisotopic (exact) mass is 273 g/mol. The minimum Gasteiger partial charge on any atom is -0.324 e. The number of fused-ring (bicyclic) bond motifs is 1. The van der Waals surface area contributed by atoms with E-state index in [9.17, 15) is 13.2 Å². The smallest absolute Gasteiger partial charge is 0.231 e. The van der Waals surface area contributed by atoms with Crippen molar-refractivity contribution < 1.29 is 13.2 Å². The number of hydrogen-bond donors (Lipinski definition) is 1. The first kappa shape index (κ1) is 12.4. The molecule has 0 aliphatic carbocycles. The van der Waals surface area contributed by atoms with E-state index < -0.39 is 15.3 Å². The summed E-state index contributed by atoms with van der Waals surface area (Å²) >= 11 is 5.79. The molecule has 0 fully saturated rings. The van der Waals surface area contributed by atoms with Crippen molar-refractivity contribution >= 4 is 33.0 Å². The average Bonchev–Trinajstić information content (AvgIpc) is 2.23. The molecule has 0 saturated heterocycles. The molecular formula is C11H12ClNO3S. The van der Waals surface area contributed by atoms with Crippen molar-refractivity contribution in [1.82, 2.24) is 0 Å². The second kappa shape index (κ2) is 3.71. The van der Waals surface area contributed by atoms with Gasteiger partial charge in [0.25, 0.3) is 0 Å². The number of nitrogens with one attached hydrogen (secondary N) is 1. The molecule has 1 aliphatic rings. The van der Waals surface area contributed by atoms with Crippen molar-refractivity contribution in [2.75, 3.05) is 11.1 Å². The van der Waals surface area contributed by atoms with Crippen LogP contribution in [-0.2, 0) is 14.6 Å². The van der Waals surface area contributed by atoms with Crippen molar-refractivity contribution in [1.29, 1.82) is 0 Å². The minimum atomic E-state index is -3.51. The fraction of sp³-hybridized carbons (Fsp3) is 0.364. The van der Waals surface area contributed by atoms with Crippen LogP contribution in [0.4, 0.5) is 5.69 Å². The molecule has 1 aliphatic heterocycles. The van der Waals surface area contributed by atoms with Crippen molar-refractivity contribution in [3.8, 4) is 0 Å². The van der Waals surface area contributed by atoms with Crippen molar-refractivity contribution in [2.45, 2.75) is 18.7 Å². The number of benzene rings is 1. The van der Waals surface area contributed by atoms with Crippen LogP contribution in [0.5, 0.6) is 0 Å². The summed E-state index contributed by atoms with van der Waals surface area (Å²) in [5.41, 5.74) is -0.658. The summed E-state index contributed by atoms with van der Waals surface area (Å²) in [5, 5.41) is 2.95. The number of carbonyl (C=O) groups is 1. The highest BCUT2D eigenvalue weighted by atomic mass is 35.5. The van der Waals surface area contributed by atoms with E-state index in [1.165, 1.54) is 12.1 Å². The lowest BCUT2D eigenvalue weighted by Crippen LogP contribution is -2.34. The highest BCUT2D eigenvalue weighted by Crippen LogP contribution is 2.34. The first-order valence-electron chi connectivity index (χ1n) is 5.06. The molecule has 2 rings (SSSR count). The quantitative estimate of drug-likeness (QED) is 0.787. The highest BCUT2D eigenvalue weighted by molar-refractivity contribution is 7.91. The zero-order valence-corrected chi connectivity index (χ0v) is 11.0. The first-order chi connectivity index (χ1) is 7.72. The predicted molar refractivity (Wildman–Crippen MR) is 65.9 cm³/mol. The summed E-state index contributed by atoms with van der Waals surface area (Å²) in [6.07, 6.45) is 0. The molecule has 1 amide bonds. The predicted octanol–water partition coefficient (Wildman–Crippen LogP) is 2.09. The third-order valence-corrected chi connectivity index (χ3v) is 5.04. The lowest BCUT2D eigenvalue weighted by molar-refractivity contribution is -0.122. The molecule has 92 valence electrons. The molecule has 17 heavy (non-hydrogen) atoms. The van der Waals surface area contributed by atoms with E-state index in [0.717, 1.165) is 0 Å². The summed E-state index contributed by atoms with van der Waals surface area (Å²) < 4.78 is 24.3. The maximum absolute atomic E-state index is 12.2. The van der Waals surface area contributed by atoms with Gasteiger partial charge in [0.2, 0.25) is 5.91 Å². The van der Waals surface area contributed by atoms with E-state index in [-0.39, 0.29) is 16.6 Å². The van der Waals surface area contributed by atoms with Gasteiger partial charge in [-0.05, 0) is 18.2 Å². The fourth-order valence-electron chi connectivity index (χ4n) is 1.77. The Kier molecular flexibility index (Phi) is 2.71. The molecule has 0 atom stereocenters. The van der Waals surface area contributed by atoms with Gasteiger partial charge in [-0.25, -0.2) is 8.42 Å². The Labute approximate surface area is 105 Å². The number of rotatable bonds is 0. The number of carbonyl (C=O) groups excluding carboxylic acids is 1. The minimum absolute atomic E-state index is 0.0870. The van der Waals surface area contributed by atoms with Crippen LogP contribution in [0.1, 0.15) is 13.8 Å². The van der Waals surface area contributed by atoms with Gasteiger partial charge in [-0.15, -0.1) is 0 Å². The van der Waals surface area contributed by atoms with Gasteiger partial charge in [0.15, 0.2) is 9.84 Å². The van der Waals surface area contributed by atoms with Gasteiger partial charge in [-0.2, -0.15) is 0 Å². The SMILES string of the molecule is CC1(C)CS(=O)(=O)c2cc(Cl)ccc2NC1=O. The molecule has 1 aromatic rings. The summed E-state index contributed by atoms with van der Waals surface area (Å²) in [7, 11) is -3.51. The largest absolute Gasteiger partial charge is 0.324 e. The molecule has 1 N–H and O–H groups in total. The lowest BCUT2D eigenvalue weighted by atomic mass is 9.95. The van der Waals surface area contributed by atoms with Crippen molar-refractivity contribution in [3.63, 3.8) is 0 Å². The van der Waals surface area contributed by atoms with Gasteiger partial charge >= 0.3 is 0 Å². The number of sulfone groups is 1. The van der Waals surface area contributed by atoms with Gasteiger partial charge < -0.3 is 5.32 Å². The number of amides is 1. The number of anilines is 1. The van der Waals surface area contributed by atoms with Crippen molar-refractivity contribution in [3.05, 3.63) is 23.2 Å². The summed E-state index contributed by atoms with van der Waals surface area (Å²) in [6.45, 7) is 3.21. The highest BCUT2D eigenvalue weighted by Gasteiger charge is 2.38. The molecule has 0 spiro atoms. The summed E-state index contributed by atoms with van der Waals surface area (Å²) in [5.74, 6) is -0.527. The fourth-order valence-corrected chi connectivity index (χ4v) is 4.00. The molecule has 0 saturated carbocycles. The van der Waals surface area contributed by atoms with Crippen LogP contribution in [0.2, 0.25) is 5.02 Å². The second-order valence-corrected chi connectivity index (χ2v) is 7.13. The zero-order valence-electron chi connectivity index (χ0n) is 9.45. The Bertz CT molecular complexity index is 593. The van der Waals surface area contributed by atoms with Crippen LogP contribution in [0.3, 0.4) is 0 Å². The van der Waals surface area contributed by atoms with Crippen LogP contribution in [0.15, 0.2) is 23.1 Å². The second-order valence-electron chi connectivity index (χ2n) is 4.74. The van der Waals surface area contributed by atoms with Gasteiger partial charge in [0.1, 0.15) is 0 Å². The maximum atomic E-state index is 12.2. The average molecular weight is 274 g/mol. The van der Waals surface area contributed by atoms with E-state index in [4.69, 9.17) is 11.6 Å².